The Morgan fingerprint density at radius 1 is 1.06 bits per heavy atom. The Balaban J connectivity index is 1.85. The molecular weight excluding hydrogens is 470 g/mol. The lowest BCUT2D eigenvalue weighted by atomic mass is 10.2. The zero-order valence-electron chi connectivity index (χ0n) is 16.4. The summed E-state index contributed by atoms with van der Waals surface area (Å²) in [5.74, 6) is -3.53. The van der Waals surface area contributed by atoms with Gasteiger partial charge in [0.1, 0.15) is 24.4 Å². The van der Waals surface area contributed by atoms with E-state index in [-0.39, 0.29) is 16.3 Å². The lowest BCUT2D eigenvalue weighted by Gasteiger charge is -2.12. The topological polar surface area (TPSA) is 119 Å². The number of benzene rings is 2. The van der Waals surface area contributed by atoms with Crippen molar-refractivity contribution < 1.29 is 31.9 Å². The Hall–Kier alpha value is -3.93. The molecule has 0 atom stereocenters. The Kier molecular flexibility index (Phi) is 6.68. The van der Waals surface area contributed by atoms with Crippen molar-refractivity contribution in [3.8, 4) is 5.69 Å². The Morgan fingerprint density at radius 3 is 2.30 bits per heavy atom. The SMILES string of the molecule is NC(=O)c1ncn(-c2ccc(NC(=O)c3ccc(F)cc3Cl)cc2)c1C(=O)NCC(F)(F)F. The number of imidazole rings is 1. The van der Waals surface area contributed by atoms with Crippen LogP contribution in [-0.2, 0) is 0 Å². The predicted molar refractivity (Wildman–Crippen MR) is 110 cm³/mol. The van der Waals surface area contributed by atoms with Crippen molar-refractivity contribution in [3.63, 3.8) is 0 Å². The molecule has 4 N–H and O–H groups in total. The molecule has 0 spiro atoms. The summed E-state index contributed by atoms with van der Waals surface area (Å²) >= 11 is 5.87. The lowest BCUT2D eigenvalue weighted by molar-refractivity contribution is -0.123. The maximum absolute atomic E-state index is 13.2. The van der Waals surface area contributed by atoms with Crippen LogP contribution in [0.25, 0.3) is 5.69 Å². The van der Waals surface area contributed by atoms with Crippen LogP contribution in [0.1, 0.15) is 31.3 Å². The zero-order chi connectivity index (χ0) is 24.3. The first-order valence-corrected chi connectivity index (χ1v) is 9.43. The van der Waals surface area contributed by atoms with E-state index < -0.39 is 47.6 Å². The van der Waals surface area contributed by atoms with Gasteiger partial charge in [-0.25, -0.2) is 9.37 Å². The van der Waals surface area contributed by atoms with Gasteiger partial charge in [-0.3, -0.25) is 19.0 Å². The van der Waals surface area contributed by atoms with Crippen LogP contribution in [0.2, 0.25) is 5.02 Å². The van der Waals surface area contributed by atoms with E-state index in [1.54, 1.807) is 5.32 Å². The number of alkyl halides is 3. The number of anilines is 1. The number of nitrogens with two attached hydrogens (primary N) is 1. The molecule has 0 radical (unpaired) electrons. The lowest BCUT2D eigenvalue weighted by Crippen LogP contribution is -2.35. The molecule has 3 amide bonds. The van der Waals surface area contributed by atoms with Crippen LogP contribution in [0.4, 0.5) is 23.2 Å². The largest absolute Gasteiger partial charge is 0.405 e. The molecule has 3 aromatic rings. The van der Waals surface area contributed by atoms with E-state index in [1.165, 1.54) is 30.3 Å². The smallest absolute Gasteiger partial charge is 0.364 e. The van der Waals surface area contributed by atoms with Crippen molar-refractivity contribution >= 4 is 35.0 Å². The van der Waals surface area contributed by atoms with Crippen LogP contribution in [0, 0.1) is 5.82 Å². The number of halogens is 5. The molecule has 0 saturated carbocycles. The van der Waals surface area contributed by atoms with Gasteiger partial charge in [0.05, 0.1) is 10.6 Å². The minimum atomic E-state index is -4.67. The molecule has 2 aromatic carbocycles. The number of nitrogens with zero attached hydrogens (tertiary/aromatic N) is 2. The highest BCUT2D eigenvalue weighted by Crippen LogP contribution is 2.21. The number of amides is 3. The number of primary amides is 1. The minimum Gasteiger partial charge on any atom is -0.364 e. The molecule has 33 heavy (non-hydrogen) atoms. The molecule has 0 aliphatic rings. The molecule has 1 aromatic heterocycles. The molecule has 13 heteroatoms. The Bertz CT molecular complexity index is 1230. The molecule has 0 fully saturated rings. The summed E-state index contributed by atoms with van der Waals surface area (Å²) < 4.78 is 51.6. The first kappa shape index (κ1) is 23.7. The first-order chi connectivity index (χ1) is 15.5. The van der Waals surface area contributed by atoms with Crippen LogP contribution in [0.15, 0.2) is 48.8 Å². The summed E-state index contributed by atoms with van der Waals surface area (Å²) in [6.07, 6.45) is -3.62. The quantitative estimate of drug-likeness (QED) is 0.466. The number of hydrogen-bond acceptors (Lipinski definition) is 4. The van der Waals surface area contributed by atoms with E-state index in [0.29, 0.717) is 5.69 Å². The second-order valence-corrected chi connectivity index (χ2v) is 7.01. The van der Waals surface area contributed by atoms with Crippen molar-refractivity contribution in [1.29, 1.82) is 0 Å². The number of aromatic nitrogens is 2. The minimum absolute atomic E-state index is 0.0338. The Labute approximate surface area is 188 Å². The summed E-state index contributed by atoms with van der Waals surface area (Å²) in [5.41, 5.74) is 4.75. The van der Waals surface area contributed by atoms with Crippen molar-refractivity contribution in [2.24, 2.45) is 5.73 Å². The van der Waals surface area contributed by atoms with E-state index in [0.717, 1.165) is 23.0 Å². The average molecular weight is 484 g/mol. The fraction of sp³-hybridized carbons (Fsp3) is 0.100. The Morgan fingerprint density at radius 2 is 1.73 bits per heavy atom. The highest BCUT2D eigenvalue weighted by atomic mass is 35.5. The number of carbonyl (C=O) groups is 3. The van der Waals surface area contributed by atoms with Gasteiger partial charge in [-0.15, -0.1) is 0 Å². The van der Waals surface area contributed by atoms with Gasteiger partial charge in [-0.1, -0.05) is 11.6 Å². The van der Waals surface area contributed by atoms with Gasteiger partial charge >= 0.3 is 6.18 Å². The molecule has 172 valence electrons. The summed E-state index contributed by atoms with van der Waals surface area (Å²) in [6.45, 7) is -1.62. The van der Waals surface area contributed by atoms with Crippen LogP contribution in [0.5, 0.6) is 0 Å². The van der Waals surface area contributed by atoms with Crippen molar-refractivity contribution in [2.45, 2.75) is 6.18 Å². The van der Waals surface area contributed by atoms with Gasteiger partial charge < -0.3 is 16.4 Å². The maximum atomic E-state index is 13.2. The number of rotatable bonds is 6. The number of nitrogens with one attached hydrogen (secondary N) is 2. The highest BCUT2D eigenvalue weighted by Gasteiger charge is 2.30. The summed E-state index contributed by atoms with van der Waals surface area (Å²) in [6, 6.07) is 8.94. The van der Waals surface area contributed by atoms with Gasteiger partial charge in [0.2, 0.25) is 0 Å². The molecule has 0 aliphatic heterocycles. The molecule has 1 heterocycles. The van der Waals surface area contributed by atoms with E-state index in [9.17, 15) is 31.9 Å². The summed E-state index contributed by atoms with van der Waals surface area (Å²) in [5, 5.41) is 4.13. The van der Waals surface area contributed by atoms with Gasteiger partial charge in [0.15, 0.2) is 5.69 Å². The molecule has 0 unspecified atom stereocenters. The summed E-state index contributed by atoms with van der Waals surface area (Å²) in [7, 11) is 0. The van der Waals surface area contributed by atoms with Crippen LogP contribution in [0.3, 0.4) is 0 Å². The van der Waals surface area contributed by atoms with E-state index in [4.69, 9.17) is 17.3 Å². The summed E-state index contributed by atoms with van der Waals surface area (Å²) in [4.78, 5) is 40.0. The van der Waals surface area contributed by atoms with E-state index in [2.05, 4.69) is 10.3 Å². The third-order valence-corrected chi connectivity index (χ3v) is 4.56. The molecular formula is C20H14ClF4N5O3. The number of carbonyl (C=O) groups excluding carboxylic acids is 3. The fourth-order valence-corrected chi connectivity index (χ4v) is 3.04. The third kappa shape index (κ3) is 5.66. The molecule has 0 aliphatic carbocycles. The van der Waals surface area contributed by atoms with E-state index >= 15 is 0 Å². The normalized spacial score (nSPS) is 11.2. The van der Waals surface area contributed by atoms with Crippen LogP contribution >= 0.6 is 11.6 Å². The molecule has 8 nitrogen and oxygen atoms in total. The van der Waals surface area contributed by atoms with Gasteiger partial charge in [0, 0.05) is 11.4 Å². The monoisotopic (exact) mass is 483 g/mol. The highest BCUT2D eigenvalue weighted by molar-refractivity contribution is 6.34. The van der Waals surface area contributed by atoms with Crippen molar-refractivity contribution in [3.05, 3.63) is 76.6 Å². The average Bonchev–Trinajstić information content (AvgIpc) is 3.17. The van der Waals surface area contributed by atoms with Gasteiger partial charge in [0.25, 0.3) is 17.7 Å². The third-order valence-electron chi connectivity index (χ3n) is 4.24. The van der Waals surface area contributed by atoms with Crippen molar-refractivity contribution in [2.75, 3.05) is 11.9 Å². The second-order valence-electron chi connectivity index (χ2n) is 6.60. The van der Waals surface area contributed by atoms with Gasteiger partial charge in [-0.05, 0) is 42.5 Å². The van der Waals surface area contributed by atoms with Gasteiger partial charge in [-0.2, -0.15) is 13.2 Å². The van der Waals surface area contributed by atoms with Crippen LogP contribution < -0.4 is 16.4 Å². The standard InChI is InChI=1S/C20H14ClF4N5O3/c21-14-7-10(22)1-6-13(14)18(32)29-11-2-4-12(5-3-11)30-9-28-15(17(26)31)16(30)19(33)27-8-20(23,24)25/h1-7,9H,8H2,(H2,26,31)(H,27,33)(H,29,32). The molecule has 3 rings (SSSR count). The predicted octanol–water partition coefficient (Wildman–Crippen LogP) is 3.31. The second kappa shape index (κ2) is 9.28. The fourth-order valence-electron chi connectivity index (χ4n) is 2.78. The first-order valence-electron chi connectivity index (χ1n) is 9.05. The van der Waals surface area contributed by atoms with Crippen LogP contribution in [-0.4, -0.2) is 40.0 Å². The number of hydrogen-bond donors (Lipinski definition) is 3. The molecule has 0 bridgehead atoms. The molecule has 0 saturated heterocycles. The van der Waals surface area contributed by atoms with Crippen molar-refractivity contribution in [1.82, 2.24) is 14.9 Å². The van der Waals surface area contributed by atoms with E-state index in [1.807, 2.05) is 0 Å². The maximum Gasteiger partial charge on any atom is 0.405 e. The zero-order valence-corrected chi connectivity index (χ0v) is 17.2.